The van der Waals surface area contributed by atoms with Crippen LogP contribution >= 0.6 is 0 Å². The van der Waals surface area contributed by atoms with Crippen LogP contribution in [-0.4, -0.2) is 43.6 Å². The molecule has 1 aliphatic rings. The zero-order valence-electron chi connectivity index (χ0n) is 9.97. The first kappa shape index (κ1) is 13.0. The van der Waals surface area contributed by atoms with Crippen LogP contribution in [0.2, 0.25) is 0 Å². The fraction of sp³-hybridized carbons (Fsp3) is 0.600. The Labute approximate surface area is 105 Å². The zero-order chi connectivity index (χ0) is 13.2. The number of sulfone groups is 1. The van der Waals surface area contributed by atoms with E-state index < -0.39 is 9.84 Å². The largest absolute Gasteiger partial charge is 0.360 e. The lowest BCUT2D eigenvalue weighted by Gasteiger charge is -2.09. The van der Waals surface area contributed by atoms with Gasteiger partial charge in [0.25, 0.3) is 0 Å². The molecule has 1 aromatic rings. The van der Waals surface area contributed by atoms with E-state index in [4.69, 9.17) is 4.52 Å². The SMILES string of the molecule is Cc1cc(NC(=O)CNC2CCS(=O)(=O)C2)no1. The molecule has 0 aromatic carbocycles. The van der Waals surface area contributed by atoms with Crippen molar-refractivity contribution in [3.05, 3.63) is 11.8 Å². The van der Waals surface area contributed by atoms with Crippen molar-refractivity contribution in [2.45, 2.75) is 19.4 Å². The molecule has 0 bridgehead atoms. The van der Waals surface area contributed by atoms with Crippen molar-refractivity contribution in [3.8, 4) is 0 Å². The maximum Gasteiger partial charge on any atom is 0.239 e. The van der Waals surface area contributed by atoms with Crippen LogP contribution in [-0.2, 0) is 14.6 Å². The molecule has 0 saturated carbocycles. The normalized spacial score (nSPS) is 21.9. The number of amides is 1. The van der Waals surface area contributed by atoms with E-state index in [0.29, 0.717) is 18.0 Å². The minimum atomic E-state index is -2.92. The highest BCUT2D eigenvalue weighted by molar-refractivity contribution is 7.91. The topological polar surface area (TPSA) is 101 Å². The number of aryl methyl sites for hydroxylation is 1. The van der Waals surface area contributed by atoms with E-state index in [1.165, 1.54) is 0 Å². The van der Waals surface area contributed by atoms with Gasteiger partial charge in [-0.15, -0.1) is 0 Å². The molecule has 7 nitrogen and oxygen atoms in total. The standard InChI is InChI=1S/C10H15N3O4S/c1-7-4-9(13-17-7)12-10(14)5-11-8-2-3-18(15,16)6-8/h4,8,11H,2-3,5-6H2,1H3,(H,12,13,14). The van der Waals surface area contributed by atoms with Crippen molar-refractivity contribution in [1.29, 1.82) is 0 Å². The van der Waals surface area contributed by atoms with E-state index in [9.17, 15) is 13.2 Å². The Balaban J connectivity index is 1.76. The summed E-state index contributed by atoms with van der Waals surface area (Å²) in [4.78, 5) is 11.5. The van der Waals surface area contributed by atoms with E-state index in [1.807, 2.05) is 0 Å². The van der Waals surface area contributed by atoms with Gasteiger partial charge in [-0.25, -0.2) is 8.42 Å². The molecule has 0 radical (unpaired) electrons. The lowest BCUT2D eigenvalue weighted by atomic mass is 10.2. The fourth-order valence-electron chi connectivity index (χ4n) is 1.81. The summed E-state index contributed by atoms with van der Waals surface area (Å²) in [6.45, 7) is 1.79. The number of carbonyl (C=O) groups is 1. The molecule has 2 N–H and O–H groups in total. The number of carbonyl (C=O) groups excluding carboxylic acids is 1. The van der Waals surface area contributed by atoms with Crippen molar-refractivity contribution in [1.82, 2.24) is 10.5 Å². The summed E-state index contributed by atoms with van der Waals surface area (Å²) in [5.41, 5.74) is 0. The molecule has 18 heavy (non-hydrogen) atoms. The highest BCUT2D eigenvalue weighted by atomic mass is 32.2. The molecule has 2 rings (SSSR count). The fourth-order valence-corrected chi connectivity index (χ4v) is 3.51. The number of hydrogen-bond acceptors (Lipinski definition) is 6. The average molecular weight is 273 g/mol. The number of nitrogens with zero attached hydrogens (tertiary/aromatic N) is 1. The van der Waals surface area contributed by atoms with E-state index >= 15 is 0 Å². The third-order valence-corrected chi connectivity index (χ3v) is 4.45. The second-order valence-corrected chi connectivity index (χ2v) is 6.58. The van der Waals surface area contributed by atoms with Crippen molar-refractivity contribution < 1.29 is 17.7 Å². The van der Waals surface area contributed by atoms with Gasteiger partial charge in [0.1, 0.15) is 5.76 Å². The van der Waals surface area contributed by atoms with Gasteiger partial charge in [-0.3, -0.25) is 4.79 Å². The molecule has 0 aliphatic carbocycles. The number of aromatic nitrogens is 1. The summed E-state index contributed by atoms with van der Waals surface area (Å²) in [5, 5.41) is 9.09. The molecule has 2 heterocycles. The Morgan fingerprint density at radius 2 is 2.39 bits per heavy atom. The lowest BCUT2D eigenvalue weighted by molar-refractivity contribution is -0.115. The molecule has 1 saturated heterocycles. The molecular weight excluding hydrogens is 258 g/mol. The van der Waals surface area contributed by atoms with Crippen LogP contribution in [0.1, 0.15) is 12.2 Å². The van der Waals surface area contributed by atoms with Crippen LogP contribution in [0.25, 0.3) is 0 Å². The Morgan fingerprint density at radius 3 is 2.94 bits per heavy atom. The van der Waals surface area contributed by atoms with Crippen LogP contribution in [0.15, 0.2) is 10.6 Å². The lowest BCUT2D eigenvalue weighted by Crippen LogP contribution is -2.36. The van der Waals surface area contributed by atoms with Gasteiger partial charge in [0.2, 0.25) is 5.91 Å². The van der Waals surface area contributed by atoms with Gasteiger partial charge >= 0.3 is 0 Å². The highest BCUT2D eigenvalue weighted by Crippen LogP contribution is 2.11. The summed E-state index contributed by atoms with van der Waals surface area (Å²) in [5.74, 6) is 0.990. The maximum atomic E-state index is 11.5. The Bertz CT molecular complexity index is 537. The van der Waals surface area contributed by atoms with Crippen LogP contribution < -0.4 is 10.6 Å². The Hall–Kier alpha value is -1.41. The molecule has 1 atom stereocenters. The van der Waals surface area contributed by atoms with E-state index in [1.54, 1.807) is 13.0 Å². The van der Waals surface area contributed by atoms with Gasteiger partial charge in [-0.05, 0) is 13.3 Å². The van der Waals surface area contributed by atoms with Crippen molar-refractivity contribution in [2.24, 2.45) is 0 Å². The van der Waals surface area contributed by atoms with Gasteiger partial charge < -0.3 is 15.2 Å². The zero-order valence-corrected chi connectivity index (χ0v) is 10.8. The van der Waals surface area contributed by atoms with Crippen LogP contribution in [0, 0.1) is 6.92 Å². The predicted octanol–water partition coefficient (Wildman–Crippen LogP) is -0.302. The molecular formula is C10H15N3O4S. The number of nitrogens with one attached hydrogen (secondary N) is 2. The summed E-state index contributed by atoms with van der Waals surface area (Å²) >= 11 is 0. The summed E-state index contributed by atoms with van der Waals surface area (Å²) in [6.07, 6.45) is 0.554. The predicted molar refractivity (Wildman–Crippen MR) is 64.9 cm³/mol. The third kappa shape index (κ3) is 3.54. The van der Waals surface area contributed by atoms with Gasteiger partial charge in [0.15, 0.2) is 15.7 Å². The highest BCUT2D eigenvalue weighted by Gasteiger charge is 2.27. The third-order valence-electron chi connectivity index (χ3n) is 2.68. The van der Waals surface area contributed by atoms with E-state index in [0.717, 1.165) is 0 Å². The molecule has 1 fully saturated rings. The molecule has 1 aromatic heterocycles. The van der Waals surface area contributed by atoms with Crippen molar-refractivity contribution in [3.63, 3.8) is 0 Å². The monoisotopic (exact) mass is 273 g/mol. The second-order valence-electron chi connectivity index (χ2n) is 4.35. The summed E-state index contributed by atoms with van der Waals surface area (Å²) < 4.78 is 27.2. The molecule has 1 aliphatic heterocycles. The number of rotatable bonds is 4. The van der Waals surface area contributed by atoms with Gasteiger partial charge in [0.05, 0.1) is 18.1 Å². The first-order valence-corrected chi connectivity index (χ1v) is 7.44. The van der Waals surface area contributed by atoms with Crippen LogP contribution in [0.5, 0.6) is 0 Å². The Kier molecular flexibility index (Phi) is 3.67. The van der Waals surface area contributed by atoms with Gasteiger partial charge in [0, 0.05) is 12.1 Å². The quantitative estimate of drug-likeness (QED) is 0.781. The molecule has 1 unspecified atom stereocenters. The minimum absolute atomic E-state index is 0.0616. The van der Waals surface area contributed by atoms with Gasteiger partial charge in [-0.2, -0.15) is 0 Å². The van der Waals surface area contributed by atoms with Crippen LogP contribution in [0.4, 0.5) is 5.82 Å². The average Bonchev–Trinajstić information content (AvgIpc) is 2.82. The molecule has 1 amide bonds. The first-order chi connectivity index (χ1) is 8.44. The molecule has 0 spiro atoms. The molecule has 100 valence electrons. The smallest absolute Gasteiger partial charge is 0.239 e. The van der Waals surface area contributed by atoms with Crippen molar-refractivity contribution in [2.75, 3.05) is 23.4 Å². The van der Waals surface area contributed by atoms with Gasteiger partial charge in [-0.1, -0.05) is 5.16 Å². The number of anilines is 1. The van der Waals surface area contributed by atoms with Crippen LogP contribution in [0.3, 0.4) is 0 Å². The van der Waals surface area contributed by atoms with E-state index in [-0.39, 0.29) is 30.0 Å². The summed E-state index contributed by atoms with van der Waals surface area (Å²) in [6, 6.07) is 1.47. The second kappa shape index (κ2) is 5.07. The maximum absolute atomic E-state index is 11.5. The first-order valence-electron chi connectivity index (χ1n) is 5.61. The minimum Gasteiger partial charge on any atom is -0.360 e. The van der Waals surface area contributed by atoms with E-state index in [2.05, 4.69) is 15.8 Å². The summed E-state index contributed by atoms with van der Waals surface area (Å²) in [7, 11) is -2.92. The number of hydrogen-bond donors (Lipinski definition) is 2. The molecule has 8 heteroatoms. The Morgan fingerprint density at radius 1 is 1.61 bits per heavy atom. The van der Waals surface area contributed by atoms with Crippen molar-refractivity contribution >= 4 is 21.6 Å².